The first-order valence-electron chi connectivity index (χ1n) is 7.23. The summed E-state index contributed by atoms with van der Waals surface area (Å²) in [5.74, 6) is 0.114. The van der Waals surface area contributed by atoms with Crippen LogP contribution in [0.3, 0.4) is 0 Å². The van der Waals surface area contributed by atoms with Crippen LogP contribution in [-0.2, 0) is 9.16 Å². The van der Waals surface area contributed by atoms with Crippen molar-refractivity contribution in [2.75, 3.05) is 20.3 Å². The molecule has 0 aromatic heterocycles. The average molecular weight is 345 g/mol. The predicted octanol–water partition coefficient (Wildman–Crippen LogP) is 4.53. The van der Waals surface area contributed by atoms with Gasteiger partial charge < -0.3 is 13.9 Å². The summed E-state index contributed by atoms with van der Waals surface area (Å²) in [5, 5.41) is 0.558. The first-order chi connectivity index (χ1) is 10.1. The summed E-state index contributed by atoms with van der Waals surface area (Å²) in [6.45, 7) is 11.9. The van der Waals surface area contributed by atoms with Gasteiger partial charge in [-0.05, 0) is 36.3 Å². The Morgan fingerprint density at radius 1 is 1.23 bits per heavy atom. The van der Waals surface area contributed by atoms with Crippen molar-refractivity contribution in [3.8, 4) is 5.75 Å². The van der Waals surface area contributed by atoms with Crippen LogP contribution in [0.15, 0.2) is 18.2 Å². The van der Waals surface area contributed by atoms with E-state index in [1.807, 2.05) is 0 Å². The number of rotatable bonds is 6. The minimum absolute atomic E-state index is 0.173. The smallest absolute Gasteiger partial charge is 0.337 e. The van der Waals surface area contributed by atoms with Crippen molar-refractivity contribution >= 4 is 25.9 Å². The van der Waals surface area contributed by atoms with E-state index >= 15 is 0 Å². The number of carbonyl (C=O) groups is 1. The maximum absolute atomic E-state index is 11.4. The molecule has 0 aliphatic carbocycles. The third-order valence-electron chi connectivity index (χ3n) is 3.96. The predicted molar refractivity (Wildman–Crippen MR) is 91.4 cm³/mol. The Hall–Kier alpha value is -1.04. The van der Waals surface area contributed by atoms with Gasteiger partial charge in [0.25, 0.3) is 0 Å². The molecule has 0 fully saturated rings. The van der Waals surface area contributed by atoms with Crippen LogP contribution < -0.4 is 4.74 Å². The van der Waals surface area contributed by atoms with Crippen LogP contribution in [0, 0.1) is 0 Å². The molecule has 0 radical (unpaired) electrons. The maximum atomic E-state index is 11.4. The van der Waals surface area contributed by atoms with Crippen molar-refractivity contribution in [1.29, 1.82) is 0 Å². The maximum Gasteiger partial charge on any atom is 0.337 e. The van der Waals surface area contributed by atoms with Gasteiger partial charge in [-0.25, -0.2) is 4.79 Å². The van der Waals surface area contributed by atoms with Crippen LogP contribution in [0.25, 0.3) is 0 Å². The van der Waals surface area contributed by atoms with Gasteiger partial charge in [-0.3, -0.25) is 0 Å². The molecular formula is C16H25ClO4Si. The van der Waals surface area contributed by atoms with E-state index in [2.05, 4.69) is 38.6 Å². The highest BCUT2D eigenvalue weighted by atomic mass is 35.5. The SMILES string of the molecule is COC(=O)c1ccc(OCCO[Si](C)(C)C(C)(C)C)c(Cl)c1. The molecule has 1 rings (SSSR count). The molecule has 22 heavy (non-hydrogen) atoms. The van der Waals surface area contributed by atoms with Crippen molar-refractivity contribution in [2.45, 2.75) is 38.9 Å². The molecule has 0 aliphatic rings. The highest BCUT2D eigenvalue weighted by Crippen LogP contribution is 2.36. The summed E-state index contributed by atoms with van der Waals surface area (Å²) in [7, 11) is -0.427. The second-order valence-electron chi connectivity index (χ2n) is 6.59. The molecule has 124 valence electrons. The van der Waals surface area contributed by atoms with E-state index in [-0.39, 0.29) is 5.04 Å². The Kier molecular flexibility index (Phi) is 6.46. The monoisotopic (exact) mass is 344 g/mol. The van der Waals surface area contributed by atoms with Gasteiger partial charge >= 0.3 is 5.97 Å². The number of carbonyl (C=O) groups excluding carboxylic acids is 1. The van der Waals surface area contributed by atoms with E-state index in [1.165, 1.54) is 13.2 Å². The van der Waals surface area contributed by atoms with Gasteiger partial charge in [0.15, 0.2) is 8.32 Å². The number of halogens is 1. The number of benzene rings is 1. The van der Waals surface area contributed by atoms with Gasteiger partial charge in [0, 0.05) is 0 Å². The number of ether oxygens (including phenoxy) is 2. The second kappa shape index (κ2) is 7.48. The van der Waals surface area contributed by atoms with E-state index in [9.17, 15) is 4.79 Å². The van der Waals surface area contributed by atoms with E-state index in [1.54, 1.807) is 12.1 Å². The van der Waals surface area contributed by atoms with Gasteiger partial charge in [0.05, 0.1) is 24.3 Å². The van der Waals surface area contributed by atoms with E-state index < -0.39 is 14.3 Å². The fourth-order valence-electron chi connectivity index (χ4n) is 1.53. The lowest BCUT2D eigenvalue weighted by atomic mass is 10.2. The first-order valence-corrected chi connectivity index (χ1v) is 10.5. The van der Waals surface area contributed by atoms with Gasteiger partial charge in [-0.15, -0.1) is 0 Å². The van der Waals surface area contributed by atoms with Crippen molar-refractivity contribution in [3.63, 3.8) is 0 Å². The quantitative estimate of drug-likeness (QED) is 0.432. The molecule has 0 saturated carbocycles. The van der Waals surface area contributed by atoms with E-state index in [0.717, 1.165) is 0 Å². The molecule has 1 aromatic carbocycles. The van der Waals surface area contributed by atoms with E-state index in [4.69, 9.17) is 20.8 Å². The fraction of sp³-hybridized carbons (Fsp3) is 0.562. The Bertz CT molecular complexity index is 523. The summed E-state index contributed by atoms with van der Waals surface area (Å²) in [5.41, 5.74) is 0.400. The number of esters is 1. The second-order valence-corrected chi connectivity index (χ2v) is 11.8. The van der Waals surface area contributed by atoms with Crippen molar-refractivity contribution in [3.05, 3.63) is 28.8 Å². The van der Waals surface area contributed by atoms with Crippen LogP contribution >= 0.6 is 11.6 Å². The lowest BCUT2D eigenvalue weighted by Gasteiger charge is -2.36. The number of hydrogen-bond acceptors (Lipinski definition) is 4. The Labute approximate surface area is 138 Å². The van der Waals surface area contributed by atoms with Crippen LogP contribution in [-0.4, -0.2) is 34.6 Å². The van der Waals surface area contributed by atoms with Crippen LogP contribution in [0.5, 0.6) is 5.75 Å². The zero-order valence-electron chi connectivity index (χ0n) is 14.2. The number of hydrogen-bond donors (Lipinski definition) is 0. The summed E-state index contributed by atoms with van der Waals surface area (Å²) in [6, 6.07) is 4.83. The Morgan fingerprint density at radius 3 is 2.36 bits per heavy atom. The van der Waals surface area contributed by atoms with Crippen LogP contribution in [0.4, 0.5) is 0 Å². The molecule has 0 unspecified atom stereocenters. The van der Waals surface area contributed by atoms with Crippen molar-refractivity contribution in [1.82, 2.24) is 0 Å². The molecule has 0 atom stereocenters. The molecule has 0 heterocycles. The first kappa shape index (κ1) is 19.0. The Balaban J connectivity index is 2.54. The lowest BCUT2D eigenvalue weighted by Crippen LogP contribution is -2.41. The van der Waals surface area contributed by atoms with Gasteiger partial charge in [-0.2, -0.15) is 0 Å². The zero-order chi connectivity index (χ0) is 17.0. The third kappa shape index (κ3) is 5.00. The fourth-order valence-corrected chi connectivity index (χ4v) is 2.79. The Morgan fingerprint density at radius 2 is 1.86 bits per heavy atom. The molecule has 6 heteroatoms. The van der Waals surface area contributed by atoms with Gasteiger partial charge in [0.1, 0.15) is 12.4 Å². The van der Waals surface area contributed by atoms with Gasteiger partial charge in [0.2, 0.25) is 0 Å². The zero-order valence-corrected chi connectivity index (χ0v) is 15.9. The molecule has 0 spiro atoms. The van der Waals surface area contributed by atoms with Crippen molar-refractivity contribution in [2.24, 2.45) is 0 Å². The minimum Gasteiger partial charge on any atom is -0.490 e. The summed E-state index contributed by atoms with van der Waals surface area (Å²) in [4.78, 5) is 11.4. The minimum atomic E-state index is -1.76. The highest BCUT2D eigenvalue weighted by molar-refractivity contribution is 6.74. The molecular weight excluding hydrogens is 320 g/mol. The average Bonchev–Trinajstić information content (AvgIpc) is 2.42. The molecule has 4 nitrogen and oxygen atoms in total. The lowest BCUT2D eigenvalue weighted by molar-refractivity contribution is 0.0600. The molecule has 0 N–H and O–H groups in total. The van der Waals surface area contributed by atoms with Crippen LogP contribution in [0.2, 0.25) is 23.2 Å². The highest BCUT2D eigenvalue weighted by Gasteiger charge is 2.36. The number of methoxy groups -OCH3 is 1. The molecule has 0 bridgehead atoms. The van der Waals surface area contributed by atoms with E-state index in [0.29, 0.717) is 29.5 Å². The normalized spacial score (nSPS) is 12.1. The standard InChI is InChI=1S/C16H25ClO4Si/c1-16(2,3)22(5,6)21-10-9-20-14-8-7-12(11-13(14)17)15(18)19-4/h7-8,11H,9-10H2,1-6H3. The topological polar surface area (TPSA) is 44.8 Å². The summed E-state index contributed by atoms with van der Waals surface area (Å²) in [6.07, 6.45) is 0. The third-order valence-corrected chi connectivity index (χ3v) is 8.80. The summed E-state index contributed by atoms with van der Waals surface area (Å²) >= 11 is 6.11. The molecule has 1 aromatic rings. The molecule has 0 amide bonds. The summed E-state index contributed by atoms with van der Waals surface area (Å²) < 4.78 is 16.3. The van der Waals surface area contributed by atoms with Crippen LogP contribution in [0.1, 0.15) is 31.1 Å². The van der Waals surface area contributed by atoms with Crippen molar-refractivity contribution < 1.29 is 18.7 Å². The molecule has 0 saturated heterocycles. The largest absolute Gasteiger partial charge is 0.490 e. The van der Waals surface area contributed by atoms with Gasteiger partial charge in [-0.1, -0.05) is 32.4 Å². The molecule has 0 aliphatic heterocycles.